The van der Waals surface area contributed by atoms with Gasteiger partial charge in [-0.1, -0.05) is 6.07 Å². The molecule has 1 heterocycles. The quantitative estimate of drug-likeness (QED) is 0.909. The molecule has 17 heavy (non-hydrogen) atoms. The van der Waals surface area contributed by atoms with Crippen LogP contribution in [0.2, 0.25) is 0 Å². The number of hydrogen-bond acceptors (Lipinski definition) is 3. The molecule has 90 valence electrons. The van der Waals surface area contributed by atoms with Gasteiger partial charge in [0, 0.05) is 17.1 Å². The van der Waals surface area contributed by atoms with Crippen LogP contribution in [0.5, 0.6) is 0 Å². The Morgan fingerprint density at radius 1 is 1.41 bits per heavy atom. The van der Waals surface area contributed by atoms with E-state index in [9.17, 15) is 4.39 Å². The maximum absolute atomic E-state index is 13.0. The Kier molecular flexibility index (Phi) is 3.54. The number of aryl methyl sites for hydroxylation is 2. The highest BCUT2D eigenvalue weighted by molar-refractivity contribution is 7.11. The monoisotopic (exact) mass is 250 g/mol. The van der Waals surface area contributed by atoms with Crippen LogP contribution in [0.25, 0.3) is 0 Å². The SMILES string of the molecule is Cc1ncc(C(N)Cc2ccc(F)cc2C)s1. The Labute approximate surface area is 104 Å². The van der Waals surface area contributed by atoms with Gasteiger partial charge in [-0.2, -0.15) is 0 Å². The lowest BCUT2D eigenvalue weighted by Gasteiger charge is -2.11. The molecule has 0 fully saturated rings. The highest BCUT2D eigenvalue weighted by Crippen LogP contribution is 2.23. The predicted octanol–water partition coefficient (Wildman–Crippen LogP) is 3.14. The fourth-order valence-corrected chi connectivity index (χ4v) is 2.56. The van der Waals surface area contributed by atoms with Crippen molar-refractivity contribution in [3.8, 4) is 0 Å². The molecule has 0 spiro atoms. The van der Waals surface area contributed by atoms with E-state index in [4.69, 9.17) is 5.73 Å². The standard InChI is InChI=1S/C13H15FN2S/c1-8-5-11(14)4-3-10(8)6-12(15)13-7-16-9(2)17-13/h3-5,7,12H,6,15H2,1-2H3. The van der Waals surface area contributed by atoms with Gasteiger partial charge in [-0.25, -0.2) is 9.37 Å². The first kappa shape index (κ1) is 12.2. The summed E-state index contributed by atoms with van der Waals surface area (Å²) in [6.45, 7) is 3.87. The van der Waals surface area contributed by atoms with Crippen LogP contribution < -0.4 is 5.73 Å². The molecule has 0 aliphatic carbocycles. The molecule has 2 nitrogen and oxygen atoms in total. The van der Waals surface area contributed by atoms with Crippen molar-refractivity contribution < 1.29 is 4.39 Å². The molecule has 1 unspecified atom stereocenters. The van der Waals surface area contributed by atoms with Crippen molar-refractivity contribution >= 4 is 11.3 Å². The molecule has 2 N–H and O–H groups in total. The number of nitrogens with two attached hydrogens (primary N) is 1. The third kappa shape index (κ3) is 2.90. The lowest BCUT2D eigenvalue weighted by atomic mass is 10.0. The number of thiazole rings is 1. The van der Waals surface area contributed by atoms with Crippen molar-refractivity contribution in [1.29, 1.82) is 0 Å². The second-order valence-electron chi connectivity index (χ2n) is 4.16. The zero-order valence-corrected chi connectivity index (χ0v) is 10.7. The second kappa shape index (κ2) is 4.94. The largest absolute Gasteiger partial charge is 0.323 e. The summed E-state index contributed by atoms with van der Waals surface area (Å²) in [5.41, 5.74) is 8.16. The van der Waals surface area contributed by atoms with Crippen LogP contribution in [0.15, 0.2) is 24.4 Å². The topological polar surface area (TPSA) is 38.9 Å². The Balaban J connectivity index is 2.15. The van der Waals surface area contributed by atoms with E-state index in [1.807, 2.05) is 20.0 Å². The van der Waals surface area contributed by atoms with Crippen LogP contribution in [0.3, 0.4) is 0 Å². The van der Waals surface area contributed by atoms with Gasteiger partial charge in [0.2, 0.25) is 0 Å². The zero-order chi connectivity index (χ0) is 12.4. The molecule has 0 amide bonds. The van der Waals surface area contributed by atoms with Crippen LogP contribution in [-0.4, -0.2) is 4.98 Å². The molecule has 4 heteroatoms. The summed E-state index contributed by atoms with van der Waals surface area (Å²) in [5, 5.41) is 1.02. The molecule has 1 aromatic carbocycles. The molecule has 2 rings (SSSR count). The van der Waals surface area contributed by atoms with Crippen molar-refractivity contribution in [3.05, 3.63) is 51.2 Å². The maximum atomic E-state index is 13.0. The van der Waals surface area contributed by atoms with Crippen LogP contribution in [-0.2, 0) is 6.42 Å². The van der Waals surface area contributed by atoms with E-state index in [1.54, 1.807) is 23.5 Å². The van der Waals surface area contributed by atoms with E-state index in [-0.39, 0.29) is 11.9 Å². The van der Waals surface area contributed by atoms with Gasteiger partial charge in [0.15, 0.2) is 0 Å². The van der Waals surface area contributed by atoms with E-state index in [1.165, 1.54) is 6.07 Å². The Bertz CT molecular complexity index is 522. The summed E-state index contributed by atoms with van der Waals surface area (Å²) in [4.78, 5) is 5.27. The van der Waals surface area contributed by atoms with E-state index >= 15 is 0 Å². The smallest absolute Gasteiger partial charge is 0.123 e. The average molecular weight is 250 g/mol. The van der Waals surface area contributed by atoms with Gasteiger partial charge in [0.25, 0.3) is 0 Å². The van der Waals surface area contributed by atoms with Gasteiger partial charge < -0.3 is 5.73 Å². The van der Waals surface area contributed by atoms with E-state index in [0.29, 0.717) is 6.42 Å². The minimum atomic E-state index is -0.201. The summed E-state index contributed by atoms with van der Waals surface area (Å²) < 4.78 is 13.0. The predicted molar refractivity (Wildman–Crippen MR) is 68.6 cm³/mol. The number of aromatic nitrogens is 1. The van der Waals surface area contributed by atoms with Gasteiger partial charge in [-0.3, -0.25) is 0 Å². The molecular weight excluding hydrogens is 235 g/mol. The number of rotatable bonds is 3. The molecule has 0 radical (unpaired) electrons. The second-order valence-corrected chi connectivity index (χ2v) is 5.43. The minimum Gasteiger partial charge on any atom is -0.323 e. The number of benzene rings is 1. The van der Waals surface area contributed by atoms with Gasteiger partial charge in [-0.15, -0.1) is 11.3 Å². The lowest BCUT2D eigenvalue weighted by Crippen LogP contribution is -2.12. The first-order chi connectivity index (χ1) is 8.06. The third-order valence-electron chi connectivity index (χ3n) is 2.75. The molecule has 0 saturated heterocycles. The van der Waals surface area contributed by atoms with Gasteiger partial charge in [-0.05, 0) is 43.5 Å². The highest BCUT2D eigenvalue weighted by Gasteiger charge is 2.11. The maximum Gasteiger partial charge on any atom is 0.123 e. The molecule has 2 aromatic rings. The lowest BCUT2D eigenvalue weighted by molar-refractivity contribution is 0.624. The Hall–Kier alpha value is -1.26. The average Bonchev–Trinajstić information content (AvgIpc) is 2.69. The van der Waals surface area contributed by atoms with Crippen LogP contribution in [0, 0.1) is 19.7 Å². The molecule has 0 aliphatic rings. The zero-order valence-electron chi connectivity index (χ0n) is 9.90. The van der Waals surface area contributed by atoms with Gasteiger partial charge in [0.1, 0.15) is 5.82 Å². The molecule has 0 aliphatic heterocycles. The van der Waals surface area contributed by atoms with Crippen molar-refractivity contribution in [3.63, 3.8) is 0 Å². The van der Waals surface area contributed by atoms with Gasteiger partial charge in [0.05, 0.1) is 5.01 Å². The fourth-order valence-electron chi connectivity index (χ4n) is 1.78. The van der Waals surface area contributed by atoms with Crippen LogP contribution in [0.4, 0.5) is 4.39 Å². The molecule has 0 bridgehead atoms. The van der Waals surface area contributed by atoms with Gasteiger partial charge >= 0.3 is 0 Å². The van der Waals surface area contributed by atoms with E-state index in [2.05, 4.69) is 4.98 Å². The van der Waals surface area contributed by atoms with Crippen molar-refractivity contribution in [1.82, 2.24) is 4.98 Å². The molecule has 0 saturated carbocycles. The fraction of sp³-hybridized carbons (Fsp3) is 0.308. The molecular formula is C13H15FN2S. The number of hydrogen-bond donors (Lipinski definition) is 1. The molecule has 1 aromatic heterocycles. The first-order valence-corrected chi connectivity index (χ1v) is 6.31. The third-order valence-corrected chi connectivity index (χ3v) is 3.79. The summed E-state index contributed by atoms with van der Waals surface area (Å²) in [6.07, 6.45) is 2.54. The summed E-state index contributed by atoms with van der Waals surface area (Å²) in [5.74, 6) is -0.201. The Morgan fingerprint density at radius 3 is 2.76 bits per heavy atom. The minimum absolute atomic E-state index is 0.0645. The summed E-state index contributed by atoms with van der Waals surface area (Å²) in [7, 11) is 0. The van der Waals surface area contributed by atoms with Crippen LogP contribution >= 0.6 is 11.3 Å². The summed E-state index contributed by atoms with van der Waals surface area (Å²) >= 11 is 1.61. The molecule has 1 atom stereocenters. The number of nitrogens with zero attached hydrogens (tertiary/aromatic N) is 1. The van der Waals surface area contributed by atoms with Crippen molar-refractivity contribution in [2.75, 3.05) is 0 Å². The normalized spacial score (nSPS) is 12.7. The highest BCUT2D eigenvalue weighted by atomic mass is 32.1. The Morgan fingerprint density at radius 2 is 2.18 bits per heavy atom. The van der Waals surface area contributed by atoms with E-state index in [0.717, 1.165) is 21.0 Å². The van der Waals surface area contributed by atoms with Crippen LogP contribution in [0.1, 0.15) is 27.1 Å². The van der Waals surface area contributed by atoms with Crippen molar-refractivity contribution in [2.45, 2.75) is 26.3 Å². The van der Waals surface area contributed by atoms with Crippen molar-refractivity contribution in [2.24, 2.45) is 5.73 Å². The summed E-state index contributed by atoms with van der Waals surface area (Å²) in [6, 6.07) is 4.76. The first-order valence-electron chi connectivity index (χ1n) is 5.49. The van der Waals surface area contributed by atoms with E-state index < -0.39 is 0 Å². The number of halogens is 1.